The van der Waals surface area contributed by atoms with Crippen LogP contribution in [0.2, 0.25) is 0 Å². The molecule has 0 aliphatic rings. The average molecular weight is 287 g/mol. The van der Waals surface area contributed by atoms with Gasteiger partial charge in [0.25, 0.3) is 0 Å². The molecule has 0 bridgehead atoms. The minimum absolute atomic E-state index is 0.145. The van der Waals surface area contributed by atoms with E-state index >= 15 is 0 Å². The molecule has 0 fully saturated rings. The predicted molar refractivity (Wildman–Crippen MR) is 82.5 cm³/mol. The normalized spacial score (nSPS) is 13.7. The molecule has 1 amide bonds. The highest BCUT2D eigenvalue weighted by atomic mass is 16.2. The molecule has 0 saturated heterocycles. The lowest BCUT2D eigenvalue weighted by Crippen LogP contribution is -2.40. The van der Waals surface area contributed by atoms with Gasteiger partial charge < -0.3 is 15.6 Å². The number of nitrogens with two attached hydrogens (primary N) is 1. The van der Waals surface area contributed by atoms with Crippen molar-refractivity contribution in [3.05, 3.63) is 30.6 Å². The zero-order chi connectivity index (χ0) is 15.4. The van der Waals surface area contributed by atoms with E-state index in [1.807, 2.05) is 49.7 Å². The van der Waals surface area contributed by atoms with Crippen LogP contribution in [-0.4, -0.2) is 26.7 Å². The lowest BCUT2D eigenvalue weighted by Gasteiger charge is -2.17. The van der Waals surface area contributed by atoms with Crippen LogP contribution in [0.3, 0.4) is 0 Å². The quantitative estimate of drug-likeness (QED) is 0.878. The number of benzene rings is 1. The molecule has 1 aromatic carbocycles. The van der Waals surface area contributed by atoms with Crippen molar-refractivity contribution in [3.8, 4) is 11.4 Å². The largest absolute Gasteiger partial charge is 0.325 e. The van der Waals surface area contributed by atoms with Gasteiger partial charge in [-0.1, -0.05) is 32.4 Å². The summed E-state index contributed by atoms with van der Waals surface area (Å²) >= 11 is 0. The van der Waals surface area contributed by atoms with Gasteiger partial charge >= 0.3 is 0 Å². The summed E-state index contributed by atoms with van der Waals surface area (Å²) in [7, 11) is 1.87. The first-order chi connectivity index (χ1) is 10.0. The van der Waals surface area contributed by atoms with Gasteiger partial charge in [0.2, 0.25) is 5.91 Å². The van der Waals surface area contributed by atoms with Crippen molar-refractivity contribution in [3.63, 3.8) is 0 Å². The second kappa shape index (κ2) is 6.49. The Labute approximate surface area is 124 Å². The molecule has 6 nitrogen and oxygen atoms in total. The number of carbonyl (C=O) groups is 1. The Bertz CT molecular complexity index is 622. The summed E-state index contributed by atoms with van der Waals surface area (Å²) in [4.78, 5) is 12.1. The van der Waals surface area contributed by atoms with Gasteiger partial charge in [-0.2, -0.15) is 0 Å². The number of hydrogen-bond donors (Lipinski definition) is 2. The second-order valence-corrected chi connectivity index (χ2v) is 5.25. The molecular formula is C15H21N5O. The minimum Gasteiger partial charge on any atom is -0.325 e. The number of nitrogens with zero attached hydrogens (tertiary/aromatic N) is 3. The molecule has 0 aliphatic heterocycles. The van der Waals surface area contributed by atoms with Crippen LogP contribution in [0.1, 0.15) is 20.3 Å². The van der Waals surface area contributed by atoms with Gasteiger partial charge in [-0.3, -0.25) is 4.79 Å². The third-order valence-electron chi connectivity index (χ3n) is 3.66. The fraction of sp³-hybridized carbons (Fsp3) is 0.400. The standard InChI is InChI=1S/C15H21N5O/c1-4-10(2)13(16)15(21)18-12-7-5-6-11(8-12)14-19-17-9-20(14)3/h5-10,13H,4,16H2,1-3H3,(H,18,21)/t10-,13-/m0/s1. The smallest absolute Gasteiger partial charge is 0.241 e. The molecule has 1 heterocycles. The number of rotatable bonds is 5. The van der Waals surface area contributed by atoms with Crippen LogP contribution in [0.25, 0.3) is 11.4 Å². The zero-order valence-electron chi connectivity index (χ0n) is 12.6. The van der Waals surface area contributed by atoms with E-state index in [4.69, 9.17) is 5.73 Å². The van der Waals surface area contributed by atoms with Crippen LogP contribution in [0.5, 0.6) is 0 Å². The van der Waals surface area contributed by atoms with Gasteiger partial charge in [0.1, 0.15) is 6.33 Å². The topological polar surface area (TPSA) is 85.8 Å². The van der Waals surface area contributed by atoms with Gasteiger partial charge in [-0.15, -0.1) is 10.2 Å². The van der Waals surface area contributed by atoms with Gasteiger partial charge in [-0.25, -0.2) is 0 Å². The van der Waals surface area contributed by atoms with Gasteiger partial charge in [-0.05, 0) is 18.1 Å². The highest BCUT2D eigenvalue weighted by Gasteiger charge is 2.19. The minimum atomic E-state index is -0.506. The monoisotopic (exact) mass is 287 g/mol. The fourth-order valence-corrected chi connectivity index (χ4v) is 2.02. The van der Waals surface area contributed by atoms with E-state index in [0.29, 0.717) is 5.69 Å². The molecule has 2 aromatic rings. The first-order valence-corrected chi connectivity index (χ1v) is 7.03. The molecule has 0 radical (unpaired) electrons. The van der Waals surface area contributed by atoms with Crippen LogP contribution in [0.4, 0.5) is 5.69 Å². The molecule has 0 spiro atoms. The summed E-state index contributed by atoms with van der Waals surface area (Å²) in [6.45, 7) is 3.99. The van der Waals surface area contributed by atoms with Crippen molar-refractivity contribution in [2.45, 2.75) is 26.3 Å². The Hall–Kier alpha value is -2.21. The summed E-state index contributed by atoms with van der Waals surface area (Å²) in [6.07, 6.45) is 2.51. The lowest BCUT2D eigenvalue weighted by molar-refractivity contribution is -0.118. The first-order valence-electron chi connectivity index (χ1n) is 7.03. The molecule has 112 valence electrons. The lowest BCUT2D eigenvalue weighted by atomic mass is 9.99. The Balaban J connectivity index is 2.15. The van der Waals surface area contributed by atoms with E-state index in [1.165, 1.54) is 0 Å². The van der Waals surface area contributed by atoms with E-state index < -0.39 is 6.04 Å². The van der Waals surface area contributed by atoms with Gasteiger partial charge in [0.15, 0.2) is 5.82 Å². The van der Waals surface area contributed by atoms with E-state index in [9.17, 15) is 4.79 Å². The van der Waals surface area contributed by atoms with E-state index in [-0.39, 0.29) is 11.8 Å². The van der Waals surface area contributed by atoms with Gasteiger partial charge in [0, 0.05) is 18.3 Å². The number of carbonyl (C=O) groups excluding carboxylic acids is 1. The highest BCUT2D eigenvalue weighted by Crippen LogP contribution is 2.20. The maximum atomic E-state index is 12.1. The molecule has 0 aliphatic carbocycles. The van der Waals surface area contributed by atoms with Crippen LogP contribution in [-0.2, 0) is 11.8 Å². The van der Waals surface area contributed by atoms with E-state index in [0.717, 1.165) is 17.8 Å². The Morgan fingerprint density at radius 3 is 2.86 bits per heavy atom. The van der Waals surface area contributed by atoms with Gasteiger partial charge in [0.05, 0.1) is 6.04 Å². The number of aromatic nitrogens is 3. The van der Waals surface area contributed by atoms with E-state index in [1.54, 1.807) is 6.33 Å². The number of anilines is 1. The molecular weight excluding hydrogens is 266 g/mol. The average Bonchev–Trinajstić information content (AvgIpc) is 2.92. The molecule has 1 aromatic heterocycles. The van der Waals surface area contributed by atoms with Crippen LogP contribution >= 0.6 is 0 Å². The molecule has 2 atom stereocenters. The number of hydrogen-bond acceptors (Lipinski definition) is 4. The maximum absolute atomic E-state index is 12.1. The van der Waals surface area contributed by atoms with Crippen molar-refractivity contribution in [1.82, 2.24) is 14.8 Å². The maximum Gasteiger partial charge on any atom is 0.241 e. The molecule has 2 rings (SSSR count). The SMILES string of the molecule is CC[C@H](C)[C@H](N)C(=O)Nc1cccc(-c2nncn2C)c1. The predicted octanol–water partition coefficient (Wildman–Crippen LogP) is 1.79. The molecule has 21 heavy (non-hydrogen) atoms. The highest BCUT2D eigenvalue weighted by molar-refractivity contribution is 5.95. The molecule has 0 saturated carbocycles. The number of aryl methyl sites for hydroxylation is 1. The number of amides is 1. The molecule has 0 unspecified atom stereocenters. The summed E-state index contributed by atoms with van der Waals surface area (Å²) < 4.78 is 1.83. The third-order valence-corrected chi connectivity index (χ3v) is 3.66. The van der Waals surface area contributed by atoms with Crippen molar-refractivity contribution in [1.29, 1.82) is 0 Å². The zero-order valence-corrected chi connectivity index (χ0v) is 12.6. The fourth-order valence-electron chi connectivity index (χ4n) is 2.02. The Kier molecular flexibility index (Phi) is 4.70. The summed E-state index contributed by atoms with van der Waals surface area (Å²) in [5.74, 6) is 0.726. The summed E-state index contributed by atoms with van der Waals surface area (Å²) in [6, 6.07) is 6.99. The van der Waals surface area contributed by atoms with Crippen LogP contribution in [0, 0.1) is 5.92 Å². The van der Waals surface area contributed by atoms with Crippen LogP contribution < -0.4 is 11.1 Å². The van der Waals surface area contributed by atoms with Crippen molar-refractivity contribution in [2.75, 3.05) is 5.32 Å². The number of nitrogens with one attached hydrogen (secondary N) is 1. The van der Waals surface area contributed by atoms with Crippen molar-refractivity contribution in [2.24, 2.45) is 18.7 Å². The van der Waals surface area contributed by atoms with Crippen molar-refractivity contribution < 1.29 is 4.79 Å². The third kappa shape index (κ3) is 3.46. The molecule has 6 heteroatoms. The Morgan fingerprint density at radius 2 is 2.24 bits per heavy atom. The first kappa shape index (κ1) is 15.2. The van der Waals surface area contributed by atoms with Crippen molar-refractivity contribution >= 4 is 11.6 Å². The van der Waals surface area contributed by atoms with E-state index in [2.05, 4.69) is 15.5 Å². The second-order valence-electron chi connectivity index (χ2n) is 5.25. The summed E-state index contributed by atoms with van der Waals surface area (Å²) in [5, 5.41) is 10.8. The molecule has 3 N–H and O–H groups in total. The Morgan fingerprint density at radius 1 is 1.48 bits per heavy atom. The summed E-state index contributed by atoms with van der Waals surface area (Å²) in [5.41, 5.74) is 7.54. The van der Waals surface area contributed by atoms with Crippen LogP contribution in [0.15, 0.2) is 30.6 Å².